The van der Waals surface area contributed by atoms with Gasteiger partial charge in [-0.25, -0.2) is 4.79 Å². The molecule has 2 amide bonds. The second-order valence-corrected chi connectivity index (χ2v) is 15.1. The molecular weight excluding hydrogens is 656 g/mol. The number of amides is 2. The normalized spacial score (nSPS) is 27.5. The SMILES string of the molecule is CN[C@H]1CN(C(=O)C2CCN(C(N(C(=O)O)[C@H]3CNC[C@@H]3c3ccc(Cl)c(Cl)c3)C3(C)CC3)CC2)C[C@@H]1c1ccc(Cl)c(Cl)c1. The molecule has 2 aromatic rings. The van der Waals surface area contributed by atoms with Gasteiger partial charge in [0.25, 0.3) is 0 Å². The Morgan fingerprint density at radius 2 is 1.53 bits per heavy atom. The molecule has 0 spiro atoms. The first-order valence-corrected chi connectivity index (χ1v) is 17.3. The number of hydrogen-bond acceptors (Lipinski definition) is 5. The van der Waals surface area contributed by atoms with Crippen LogP contribution in [0.3, 0.4) is 0 Å². The lowest BCUT2D eigenvalue weighted by Crippen LogP contribution is -2.61. The third-order valence-corrected chi connectivity index (χ3v) is 12.1. The minimum Gasteiger partial charge on any atom is -0.465 e. The van der Waals surface area contributed by atoms with E-state index in [0.717, 1.165) is 24.0 Å². The van der Waals surface area contributed by atoms with Gasteiger partial charge < -0.3 is 20.6 Å². The Bertz CT molecular complexity index is 1430. The topological polar surface area (TPSA) is 88.2 Å². The van der Waals surface area contributed by atoms with E-state index in [1.807, 2.05) is 42.3 Å². The van der Waals surface area contributed by atoms with Crippen molar-refractivity contribution in [2.45, 2.75) is 62.7 Å². The Hall–Kier alpha value is -1.78. The van der Waals surface area contributed by atoms with E-state index in [1.165, 1.54) is 0 Å². The second-order valence-electron chi connectivity index (χ2n) is 13.5. The number of piperidine rings is 1. The highest BCUT2D eigenvalue weighted by molar-refractivity contribution is 6.42. The summed E-state index contributed by atoms with van der Waals surface area (Å²) in [5.41, 5.74) is 1.94. The summed E-state index contributed by atoms with van der Waals surface area (Å²) in [6.45, 7) is 6.06. The third kappa shape index (κ3) is 6.67. The smallest absolute Gasteiger partial charge is 0.408 e. The van der Waals surface area contributed by atoms with Crippen LogP contribution in [0.5, 0.6) is 0 Å². The van der Waals surface area contributed by atoms with E-state index in [9.17, 15) is 14.7 Å². The molecule has 244 valence electrons. The van der Waals surface area contributed by atoms with Crippen LogP contribution in [0.15, 0.2) is 36.4 Å². The maximum absolute atomic E-state index is 13.8. The van der Waals surface area contributed by atoms with Gasteiger partial charge in [-0.2, -0.15) is 0 Å². The van der Waals surface area contributed by atoms with Crippen LogP contribution in [0.2, 0.25) is 20.1 Å². The summed E-state index contributed by atoms with van der Waals surface area (Å²) in [5, 5.41) is 19.5. The maximum Gasteiger partial charge on any atom is 0.408 e. The number of halogens is 4. The molecule has 2 aromatic carbocycles. The van der Waals surface area contributed by atoms with Crippen molar-refractivity contribution in [1.82, 2.24) is 25.3 Å². The number of likely N-dealkylation sites (N-methyl/N-ethyl adjacent to an activating group) is 1. The largest absolute Gasteiger partial charge is 0.465 e. The first-order valence-electron chi connectivity index (χ1n) is 15.8. The van der Waals surface area contributed by atoms with Crippen LogP contribution in [0, 0.1) is 11.3 Å². The average Bonchev–Trinajstić information content (AvgIpc) is 3.40. The van der Waals surface area contributed by atoms with Crippen molar-refractivity contribution in [2.24, 2.45) is 11.3 Å². The highest BCUT2D eigenvalue weighted by atomic mass is 35.5. The Labute approximate surface area is 285 Å². The van der Waals surface area contributed by atoms with Gasteiger partial charge in [0.15, 0.2) is 0 Å². The van der Waals surface area contributed by atoms with Crippen LogP contribution in [0.4, 0.5) is 4.79 Å². The lowest BCUT2D eigenvalue weighted by atomic mass is 9.89. The van der Waals surface area contributed by atoms with E-state index in [4.69, 9.17) is 46.4 Å². The summed E-state index contributed by atoms with van der Waals surface area (Å²) in [7, 11) is 1.93. The highest BCUT2D eigenvalue weighted by Gasteiger charge is 2.55. The first-order chi connectivity index (χ1) is 21.5. The van der Waals surface area contributed by atoms with Crippen molar-refractivity contribution in [3.8, 4) is 0 Å². The average molecular weight is 698 g/mol. The predicted molar refractivity (Wildman–Crippen MR) is 180 cm³/mol. The monoisotopic (exact) mass is 695 g/mol. The highest BCUT2D eigenvalue weighted by Crippen LogP contribution is 2.53. The number of hydrogen-bond donors (Lipinski definition) is 3. The Balaban J connectivity index is 1.16. The van der Waals surface area contributed by atoms with Crippen LogP contribution >= 0.6 is 46.4 Å². The minimum absolute atomic E-state index is 0.0430. The van der Waals surface area contributed by atoms with E-state index in [-0.39, 0.29) is 47.3 Å². The fraction of sp³-hybridized carbons (Fsp3) is 0.576. The lowest BCUT2D eigenvalue weighted by molar-refractivity contribution is -0.137. The zero-order chi connectivity index (χ0) is 32.0. The maximum atomic E-state index is 13.8. The lowest BCUT2D eigenvalue weighted by Gasteiger charge is -2.48. The van der Waals surface area contributed by atoms with Gasteiger partial charge in [-0.3, -0.25) is 14.6 Å². The van der Waals surface area contributed by atoms with Crippen molar-refractivity contribution in [2.75, 3.05) is 46.3 Å². The number of nitrogens with zero attached hydrogens (tertiary/aromatic N) is 3. The van der Waals surface area contributed by atoms with Gasteiger partial charge in [-0.05, 0) is 68.1 Å². The van der Waals surface area contributed by atoms with Gasteiger partial charge in [0.05, 0.1) is 32.3 Å². The Kier molecular flexibility index (Phi) is 9.85. The molecule has 4 fully saturated rings. The zero-order valence-corrected chi connectivity index (χ0v) is 28.6. The molecule has 5 atom stereocenters. The van der Waals surface area contributed by atoms with Crippen molar-refractivity contribution in [3.05, 3.63) is 67.6 Å². The number of carbonyl (C=O) groups is 2. The standard InChI is InChI=1S/C33H41Cl4N5O3/c1-33(9-10-33)31(42(32(44)45)29-16-39-15-22(29)20-3-5-24(34)26(36)13-20)40-11-7-19(8-12-40)30(43)41-17-23(28(18-41)38-2)21-4-6-25(35)27(37)14-21/h3-6,13-14,19,22-23,28-29,31,38-39H,7-12,15-18H2,1-2H3,(H,44,45)/t22-,23-,28+,29+,31?/m1/s1. The van der Waals surface area contributed by atoms with Crippen molar-refractivity contribution >= 4 is 58.4 Å². The van der Waals surface area contributed by atoms with Gasteiger partial charge in [0, 0.05) is 68.5 Å². The van der Waals surface area contributed by atoms with Gasteiger partial charge >= 0.3 is 6.09 Å². The molecule has 3 heterocycles. The fourth-order valence-corrected chi connectivity index (χ4v) is 8.50. The van der Waals surface area contributed by atoms with Crippen LogP contribution in [-0.4, -0.2) is 96.4 Å². The molecule has 4 aliphatic rings. The van der Waals surface area contributed by atoms with Crippen molar-refractivity contribution < 1.29 is 14.7 Å². The van der Waals surface area contributed by atoms with Gasteiger partial charge in [-0.1, -0.05) is 65.5 Å². The van der Waals surface area contributed by atoms with Gasteiger partial charge in [-0.15, -0.1) is 0 Å². The van der Waals surface area contributed by atoms with Crippen LogP contribution in [0.25, 0.3) is 0 Å². The molecular formula is C33H41Cl4N5O3. The minimum atomic E-state index is -0.909. The van der Waals surface area contributed by atoms with Crippen molar-refractivity contribution in [1.29, 1.82) is 0 Å². The number of benzene rings is 2. The molecule has 1 aliphatic carbocycles. The molecule has 8 nitrogen and oxygen atoms in total. The van der Waals surface area contributed by atoms with Crippen LogP contribution in [-0.2, 0) is 4.79 Å². The van der Waals surface area contributed by atoms with Crippen LogP contribution in [0.1, 0.15) is 55.6 Å². The molecule has 0 aromatic heterocycles. The van der Waals surface area contributed by atoms with E-state index >= 15 is 0 Å². The molecule has 3 N–H and O–H groups in total. The molecule has 12 heteroatoms. The van der Waals surface area contributed by atoms with Crippen LogP contribution < -0.4 is 10.6 Å². The molecule has 1 saturated carbocycles. The molecule has 3 aliphatic heterocycles. The summed E-state index contributed by atoms with van der Waals surface area (Å²) in [6.07, 6.45) is 2.20. The van der Waals surface area contributed by atoms with Crippen molar-refractivity contribution in [3.63, 3.8) is 0 Å². The van der Waals surface area contributed by atoms with Gasteiger partial charge in [0.2, 0.25) is 5.91 Å². The number of nitrogens with one attached hydrogen (secondary N) is 2. The molecule has 1 unspecified atom stereocenters. The number of likely N-dealkylation sites (tertiary alicyclic amines) is 2. The third-order valence-electron chi connectivity index (χ3n) is 10.7. The Morgan fingerprint density at radius 3 is 2.07 bits per heavy atom. The predicted octanol–water partition coefficient (Wildman–Crippen LogP) is 6.39. The molecule has 3 saturated heterocycles. The Morgan fingerprint density at radius 1 is 0.933 bits per heavy atom. The summed E-state index contributed by atoms with van der Waals surface area (Å²) in [5.74, 6) is 0.176. The summed E-state index contributed by atoms with van der Waals surface area (Å²) >= 11 is 25.0. The fourth-order valence-electron chi connectivity index (χ4n) is 7.88. The molecule has 0 radical (unpaired) electrons. The number of carboxylic acid groups (broad SMARTS) is 1. The van der Waals surface area contributed by atoms with Gasteiger partial charge in [0.1, 0.15) is 0 Å². The second kappa shape index (κ2) is 13.4. The summed E-state index contributed by atoms with van der Waals surface area (Å²) in [6, 6.07) is 11.2. The van der Waals surface area contributed by atoms with E-state index < -0.39 is 6.09 Å². The quantitative estimate of drug-likeness (QED) is 0.297. The first kappa shape index (κ1) is 33.1. The van der Waals surface area contributed by atoms with E-state index in [2.05, 4.69) is 22.5 Å². The van der Waals surface area contributed by atoms with E-state index in [1.54, 1.807) is 11.0 Å². The summed E-state index contributed by atoms with van der Waals surface area (Å²) in [4.78, 5) is 33.0. The molecule has 6 rings (SSSR count). The summed E-state index contributed by atoms with van der Waals surface area (Å²) < 4.78 is 0. The molecule has 45 heavy (non-hydrogen) atoms. The molecule has 0 bridgehead atoms. The van der Waals surface area contributed by atoms with E-state index in [0.29, 0.717) is 72.2 Å². The number of rotatable bonds is 8. The number of carbonyl (C=O) groups excluding carboxylic acids is 1. The zero-order valence-electron chi connectivity index (χ0n) is 25.6.